The number of hydrogen-bond acceptors (Lipinski definition) is 2. The Hall–Kier alpha value is -1.10. The fourth-order valence-electron chi connectivity index (χ4n) is 0. The smallest absolute Gasteiger partial charge is 0.116 e. The molecule has 2 nitrogen and oxygen atoms in total. The standard InChI is InChI=1S/2C2H2O.2CH4/c2*1-2-3;;/h2*1H2;2*1H4. The monoisotopic (exact) mass is 116 g/mol. The maximum absolute atomic E-state index is 8.57. The van der Waals surface area contributed by atoms with Gasteiger partial charge in [-0.15, -0.1) is 0 Å². The summed E-state index contributed by atoms with van der Waals surface area (Å²) in [7, 11) is 0. The van der Waals surface area contributed by atoms with Crippen molar-refractivity contribution in [1.82, 2.24) is 0 Å². The lowest BCUT2D eigenvalue weighted by molar-refractivity contribution is 0.569. The Morgan fingerprint density at radius 1 is 0.875 bits per heavy atom. The lowest BCUT2D eigenvalue weighted by Crippen LogP contribution is -1.15. The Labute approximate surface area is 50.5 Å². The predicted octanol–water partition coefficient (Wildman–Crippen LogP) is 1.28. The highest BCUT2D eigenvalue weighted by molar-refractivity contribution is 5.38. The van der Waals surface area contributed by atoms with E-state index in [0.717, 1.165) is 0 Å². The minimum atomic E-state index is 0. The van der Waals surface area contributed by atoms with E-state index >= 15 is 0 Å². The third kappa shape index (κ3) is 61.6. The first-order chi connectivity index (χ1) is 2.83. The van der Waals surface area contributed by atoms with Crippen molar-refractivity contribution in [2.24, 2.45) is 0 Å². The van der Waals surface area contributed by atoms with Gasteiger partial charge >= 0.3 is 0 Å². The summed E-state index contributed by atoms with van der Waals surface area (Å²) in [5.74, 6) is 2.50. The van der Waals surface area contributed by atoms with Gasteiger partial charge in [0.25, 0.3) is 0 Å². The van der Waals surface area contributed by atoms with E-state index in [2.05, 4.69) is 13.2 Å². The molecule has 0 N–H and O–H groups in total. The van der Waals surface area contributed by atoms with Crippen LogP contribution < -0.4 is 0 Å². The molecule has 0 radical (unpaired) electrons. The number of carbonyl (C=O) groups excluding carboxylic acids is 2. The second-order valence-corrected chi connectivity index (χ2v) is 0.289. The van der Waals surface area contributed by atoms with E-state index in [1.165, 1.54) is 11.9 Å². The molecule has 0 aliphatic carbocycles. The van der Waals surface area contributed by atoms with Crippen LogP contribution in [0, 0.1) is 0 Å². The van der Waals surface area contributed by atoms with Gasteiger partial charge in [0.1, 0.15) is 11.9 Å². The third-order valence-corrected chi connectivity index (χ3v) is 0. The summed E-state index contributed by atoms with van der Waals surface area (Å²) in [5, 5.41) is 0. The molecule has 8 heavy (non-hydrogen) atoms. The zero-order valence-electron chi connectivity index (χ0n) is 3.23. The molecule has 0 spiro atoms. The van der Waals surface area contributed by atoms with Gasteiger partial charge in [-0.3, -0.25) is 0 Å². The molecule has 2 heteroatoms. The van der Waals surface area contributed by atoms with Crippen LogP contribution in [-0.2, 0) is 9.59 Å². The number of rotatable bonds is 0. The molecule has 0 aliphatic heterocycles. The van der Waals surface area contributed by atoms with Crippen molar-refractivity contribution < 1.29 is 9.59 Å². The molecular weight excluding hydrogens is 104 g/mol. The molecule has 0 aliphatic rings. The maximum atomic E-state index is 8.57. The van der Waals surface area contributed by atoms with Crippen LogP contribution in [0.25, 0.3) is 0 Å². The van der Waals surface area contributed by atoms with Crippen molar-refractivity contribution in [3.05, 3.63) is 13.2 Å². The van der Waals surface area contributed by atoms with E-state index in [1.807, 2.05) is 0 Å². The minimum absolute atomic E-state index is 0. The average molecular weight is 116 g/mol. The molecule has 0 aromatic heterocycles. The van der Waals surface area contributed by atoms with E-state index in [9.17, 15) is 0 Å². The van der Waals surface area contributed by atoms with Crippen molar-refractivity contribution in [2.45, 2.75) is 14.9 Å². The lowest BCUT2D eigenvalue weighted by atomic mass is 11.2. The van der Waals surface area contributed by atoms with E-state index in [-0.39, 0.29) is 14.9 Å². The molecule has 0 unspecified atom stereocenters. The number of hydrogen-bond donors (Lipinski definition) is 0. The van der Waals surface area contributed by atoms with Gasteiger partial charge in [0.15, 0.2) is 0 Å². The zero-order valence-corrected chi connectivity index (χ0v) is 3.23. The summed E-state index contributed by atoms with van der Waals surface area (Å²) >= 11 is 0. The van der Waals surface area contributed by atoms with Crippen LogP contribution in [0.2, 0.25) is 0 Å². The van der Waals surface area contributed by atoms with Crippen LogP contribution in [0.4, 0.5) is 0 Å². The Morgan fingerprint density at radius 3 is 0.875 bits per heavy atom. The first kappa shape index (κ1) is 28.6. The molecule has 0 bridgehead atoms. The van der Waals surface area contributed by atoms with Crippen molar-refractivity contribution >= 4 is 11.9 Å². The normalized spacial score (nSPS) is 2.00. The molecule has 0 heterocycles. The van der Waals surface area contributed by atoms with Crippen LogP contribution >= 0.6 is 0 Å². The molecular formula is C6H12O2. The van der Waals surface area contributed by atoms with Crippen molar-refractivity contribution in [3.63, 3.8) is 0 Å². The fourth-order valence-corrected chi connectivity index (χ4v) is 0. The summed E-state index contributed by atoms with van der Waals surface area (Å²) in [6.07, 6.45) is 0. The molecule has 48 valence electrons. The van der Waals surface area contributed by atoms with Crippen molar-refractivity contribution in [1.29, 1.82) is 0 Å². The van der Waals surface area contributed by atoms with E-state index in [4.69, 9.17) is 9.59 Å². The van der Waals surface area contributed by atoms with Gasteiger partial charge in [-0.1, -0.05) is 14.9 Å². The average Bonchev–Trinajstić information content (AvgIpc) is 1.39. The van der Waals surface area contributed by atoms with E-state index in [0.29, 0.717) is 0 Å². The topological polar surface area (TPSA) is 34.1 Å². The van der Waals surface area contributed by atoms with Gasteiger partial charge in [0, 0.05) is 0 Å². The molecule has 0 rings (SSSR count). The lowest BCUT2D eigenvalue weighted by Gasteiger charge is -1.02. The van der Waals surface area contributed by atoms with Crippen molar-refractivity contribution in [3.8, 4) is 0 Å². The second-order valence-electron chi connectivity index (χ2n) is 0.289. The van der Waals surface area contributed by atoms with Gasteiger partial charge in [0.2, 0.25) is 0 Å². The second kappa shape index (κ2) is 175. The molecule has 0 fully saturated rings. The Kier molecular flexibility index (Phi) is 624. The third-order valence-electron chi connectivity index (χ3n) is 0. The van der Waals surface area contributed by atoms with Gasteiger partial charge in [-0.25, -0.2) is 9.59 Å². The molecule has 0 aromatic carbocycles. The van der Waals surface area contributed by atoms with Gasteiger partial charge in [0.05, 0.1) is 0 Å². The maximum Gasteiger partial charge on any atom is 0.116 e. The van der Waals surface area contributed by atoms with Crippen LogP contribution in [0.3, 0.4) is 0 Å². The Bertz CT molecular complexity index is 60.5. The SMILES string of the molecule is C.C.C=C=O.C=C=O. The summed E-state index contributed by atoms with van der Waals surface area (Å²) in [4.78, 5) is 17.1. The quantitative estimate of drug-likeness (QED) is 0.447. The van der Waals surface area contributed by atoms with Gasteiger partial charge < -0.3 is 0 Å². The van der Waals surface area contributed by atoms with Crippen LogP contribution in [0.15, 0.2) is 13.2 Å². The summed E-state index contributed by atoms with van der Waals surface area (Å²) < 4.78 is 0. The van der Waals surface area contributed by atoms with E-state index in [1.54, 1.807) is 0 Å². The summed E-state index contributed by atoms with van der Waals surface area (Å²) in [6.45, 7) is 5.36. The largest absolute Gasteiger partial charge is 0.234 e. The van der Waals surface area contributed by atoms with Crippen LogP contribution in [-0.4, -0.2) is 11.9 Å². The Balaban J connectivity index is -0.0000000160. The van der Waals surface area contributed by atoms with E-state index < -0.39 is 0 Å². The molecule has 0 aromatic rings. The highest BCUT2D eigenvalue weighted by Crippen LogP contribution is 0.897. The molecule has 0 amide bonds. The minimum Gasteiger partial charge on any atom is -0.234 e. The highest BCUT2D eigenvalue weighted by atomic mass is 16.1. The zero-order chi connectivity index (χ0) is 5.41. The fraction of sp³-hybridized carbons (Fsp3) is 0.333. The van der Waals surface area contributed by atoms with Crippen molar-refractivity contribution in [2.75, 3.05) is 0 Å². The van der Waals surface area contributed by atoms with Gasteiger partial charge in [-0.05, 0) is 13.2 Å². The molecule has 0 saturated heterocycles. The molecule has 0 saturated carbocycles. The first-order valence-corrected chi connectivity index (χ1v) is 1.12. The predicted molar refractivity (Wildman–Crippen MR) is 36.1 cm³/mol. The van der Waals surface area contributed by atoms with Crippen LogP contribution in [0.1, 0.15) is 14.9 Å². The van der Waals surface area contributed by atoms with Crippen LogP contribution in [0.5, 0.6) is 0 Å². The summed E-state index contributed by atoms with van der Waals surface area (Å²) in [6, 6.07) is 0. The summed E-state index contributed by atoms with van der Waals surface area (Å²) in [5.41, 5.74) is 0. The first-order valence-electron chi connectivity index (χ1n) is 1.12. The molecule has 0 atom stereocenters. The highest BCUT2D eigenvalue weighted by Gasteiger charge is 1.01. The van der Waals surface area contributed by atoms with Gasteiger partial charge in [-0.2, -0.15) is 0 Å². The Morgan fingerprint density at radius 2 is 0.875 bits per heavy atom.